The third-order valence-corrected chi connectivity index (χ3v) is 2.42. The van der Waals surface area contributed by atoms with E-state index in [9.17, 15) is 0 Å². The number of hydrogen-bond acceptors (Lipinski definition) is 5. The summed E-state index contributed by atoms with van der Waals surface area (Å²) in [6.07, 6.45) is 1.72. The van der Waals surface area contributed by atoms with Crippen molar-refractivity contribution in [3.8, 4) is 11.5 Å². The number of benzene rings is 1. The first-order valence-corrected chi connectivity index (χ1v) is 5.27. The molecule has 1 N–H and O–H groups in total. The van der Waals surface area contributed by atoms with Crippen molar-refractivity contribution in [2.24, 2.45) is 0 Å². The molecule has 1 aliphatic heterocycles. The van der Waals surface area contributed by atoms with Crippen LogP contribution in [0, 0.1) is 6.92 Å². The number of aromatic nitrogens is 2. The zero-order valence-corrected chi connectivity index (χ0v) is 9.30. The molecule has 0 radical (unpaired) electrons. The largest absolute Gasteiger partial charge is 0.454 e. The molecule has 0 aliphatic carbocycles. The lowest BCUT2D eigenvalue weighted by Crippen LogP contribution is -1.97. The highest BCUT2D eigenvalue weighted by atomic mass is 16.7. The fourth-order valence-electron chi connectivity index (χ4n) is 1.61. The number of fused-ring (bicyclic) bond motifs is 1. The molecule has 1 aliphatic rings. The molecule has 5 nitrogen and oxygen atoms in total. The molecule has 0 atom stereocenters. The van der Waals surface area contributed by atoms with Crippen LogP contribution in [0.25, 0.3) is 0 Å². The first-order chi connectivity index (χ1) is 8.31. The van der Waals surface area contributed by atoms with Crippen molar-refractivity contribution < 1.29 is 9.47 Å². The summed E-state index contributed by atoms with van der Waals surface area (Å²) in [6, 6.07) is 7.48. The Balaban J connectivity index is 1.86. The lowest BCUT2D eigenvalue weighted by molar-refractivity contribution is 0.174. The lowest BCUT2D eigenvalue weighted by Gasteiger charge is -2.05. The van der Waals surface area contributed by atoms with Crippen LogP contribution >= 0.6 is 0 Å². The van der Waals surface area contributed by atoms with Gasteiger partial charge in [-0.2, -0.15) is 0 Å². The highest BCUT2D eigenvalue weighted by molar-refractivity contribution is 5.60. The standard InChI is InChI=1S/C12H11N3O2/c1-8-4-5-13-12(14-8)15-9-2-3-10-11(6-9)17-7-16-10/h2-6H,7H2,1H3,(H,13,14,15). The van der Waals surface area contributed by atoms with Gasteiger partial charge in [-0.25, -0.2) is 9.97 Å². The number of nitrogens with zero attached hydrogens (tertiary/aromatic N) is 2. The maximum Gasteiger partial charge on any atom is 0.231 e. The van der Waals surface area contributed by atoms with Crippen molar-refractivity contribution in [2.45, 2.75) is 6.92 Å². The van der Waals surface area contributed by atoms with Gasteiger partial charge in [0.1, 0.15) is 0 Å². The fourth-order valence-corrected chi connectivity index (χ4v) is 1.61. The summed E-state index contributed by atoms with van der Waals surface area (Å²) in [5.41, 5.74) is 1.79. The van der Waals surface area contributed by atoms with E-state index in [2.05, 4.69) is 15.3 Å². The maximum atomic E-state index is 5.30. The molecule has 1 aromatic carbocycles. The minimum atomic E-state index is 0.278. The molecule has 17 heavy (non-hydrogen) atoms. The van der Waals surface area contributed by atoms with E-state index in [4.69, 9.17) is 9.47 Å². The average Bonchev–Trinajstić information content (AvgIpc) is 2.76. The number of anilines is 2. The van der Waals surface area contributed by atoms with E-state index in [-0.39, 0.29) is 6.79 Å². The predicted octanol–water partition coefficient (Wildman–Crippen LogP) is 2.26. The topological polar surface area (TPSA) is 56.3 Å². The van der Waals surface area contributed by atoms with Crippen molar-refractivity contribution >= 4 is 11.6 Å². The van der Waals surface area contributed by atoms with E-state index in [1.807, 2.05) is 31.2 Å². The van der Waals surface area contributed by atoms with E-state index in [1.54, 1.807) is 6.20 Å². The summed E-state index contributed by atoms with van der Waals surface area (Å²) in [6.45, 7) is 2.20. The maximum absolute atomic E-state index is 5.30. The molecule has 0 unspecified atom stereocenters. The van der Waals surface area contributed by atoms with Gasteiger partial charge < -0.3 is 14.8 Å². The Morgan fingerprint density at radius 2 is 2.06 bits per heavy atom. The summed E-state index contributed by atoms with van der Waals surface area (Å²) >= 11 is 0. The van der Waals surface area contributed by atoms with Crippen LogP contribution in [0.5, 0.6) is 11.5 Å². The second kappa shape index (κ2) is 3.93. The van der Waals surface area contributed by atoms with Crippen molar-refractivity contribution in [1.29, 1.82) is 0 Å². The van der Waals surface area contributed by atoms with Crippen LogP contribution in [0.2, 0.25) is 0 Å². The molecule has 0 amide bonds. The first-order valence-electron chi connectivity index (χ1n) is 5.27. The minimum absolute atomic E-state index is 0.278. The number of ether oxygens (including phenoxy) is 2. The van der Waals surface area contributed by atoms with E-state index >= 15 is 0 Å². The van der Waals surface area contributed by atoms with Gasteiger partial charge in [-0.05, 0) is 25.1 Å². The Morgan fingerprint density at radius 1 is 1.18 bits per heavy atom. The molecule has 0 fully saturated rings. The molecule has 0 bridgehead atoms. The van der Waals surface area contributed by atoms with Crippen LogP contribution in [0.1, 0.15) is 5.69 Å². The molecule has 86 valence electrons. The Kier molecular flexibility index (Phi) is 2.29. The van der Waals surface area contributed by atoms with Crippen molar-refractivity contribution in [1.82, 2.24) is 9.97 Å². The van der Waals surface area contributed by atoms with E-state index in [0.29, 0.717) is 5.95 Å². The van der Waals surface area contributed by atoms with Crippen LogP contribution in [-0.4, -0.2) is 16.8 Å². The van der Waals surface area contributed by atoms with Crippen LogP contribution in [0.3, 0.4) is 0 Å². The zero-order valence-electron chi connectivity index (χ0n) is 9.30. The summed E-state index contributed by atoms with van der Waals surface area (Å²) in [5, 5.41) is 3.12. The molecule has 2 aromatic rings. The SMILES string of the molecule is Cc1ccnc(Nc2ccc3c(c2)OCO3)n1. The summed E-state index contributed by atoms with van der Waals surface area (Å²) in [7, 11) is 0. The predicted molar refractivity (Wildman–Crippen MR) is 62.6 cm³/mol. The monoisotopic (exact) mass is 229 g/mol. The van der Waals surface area contributed by atoms with Gasteiger partial charge in [0.25, 0.3) is 0 Å². The second-order valence-electron chi connectivity index (χ2n) is 3.71. The highest BCUT2D eigenvalue weighted by Crippen LogP contribution is 2.34. The van der Waals surface area contributed by atoms with Gasteiger partial charge in [-0.15, -0.1) is 0 Å². The Bertz CT molecular complexity index is 557. The highest BCUT2D eigenvalue weighted by Gasteiger charge is 2.13. The van der Waals surface area contributed by atoms with Gasteiger partial charge >= 0.3 is 0 Å². The van der Waals surface area contributed by atoms with Crippen molar-refractivity contribution in [2.75, 3.05) is 12.1 Å². The molecule has 0 saturated carbocycles. The number of nitrogens with one attached hydrogen (secondary N) is 1. The number of aryl methyl sites for hydroxylation is 1. The van der Waals surface area contributed by atoms with Gasteiger partial charge in [-0.3, -0.25) is 0 Å². The van der Waals surface area contributed by atoms with E-state index < -0.39 is 0 Å². The van der Waals surface area contributed by atoms with Gasteiger partial charge in [0.15, 0.2) is 11.5 Å². The normalized spacial score (nSPS) is 12.5. The quantitative estimate of drug-likeness (QED) is 0.856. The summed E-state index contributed by atoms with van der Waals surface area (Å²) < 4.78 is 10.5. The molecular formula is C12H11N3O2. The second-order valence-corrected chi connectivity index (χ2v) is 3.71. The van der Waals surface area contributed by atoms with E-state index in [0.717, 1.165) is 22.9 Å². The number of hydrogen-bond donors (Lipinski definition) is 1. The minimum Gasteiger partial charge on any atom is -0.454 e. The third-order valence-electron chi connectivity index (χ3n) is 2.42. The van der Waals surface area contributed by atoms with E-state index in [1.165, 1.54) is 0 Å². The van der Waals surface area contributed by atoms with Gasteiger partial charge in [0, 0.05) is 23.6 Å². The van der Waals surface area contributed by atoms with Gasteiger partial charge in [-0.1, -0.05) is 0 Å². The summed E-state index contributed by atoms with van der Waals surface area (Å²) in [5.74, 6) is 2.08. The van der Waals surface area contributed by atoms with Crippen LogP contribution in [0.15, 0.2) is 30.5 Å². The van der Waals surface area contributed by atoms with Crippen LogP contribution in [0.4, 0.5) is 11.6 Å². The Labute approximate surface area is 98.4 Å². The zero-order chi connectivity index (χ0) is 11.7. The van der Waals surface area contributed by atoms with Gasteiger partial charge in [0.05, 0.1) is 0 Å². The Morgan fingerprint density at radius 3 is 2.94 bits per heavy atom. The average molecular weight is 229 g/mol. The molecular weight excluding hydrogens is 218 g/mol. The number of rotatable bonds is 2. The third kappa shape index (κ3) is 1.99. The van der Waals surface area contributed by atoms with Crippen molar-refractivity contribution in [3.63, 3.8) is 0 Å². The van der Waals surface area contributed by atoms with Crippen LogP contribution < -0.4 is 14.8 Å². The van der Waals surface area contributed by atoms with Crippen molar-refractivity contribution in [3.05, 3.63) is 36.2 Å². The molecule has 2 heterocycles. The van der Waals surface area contributed by atoms with Crippen LogP contribution in [-0.2, 0) is 0 Å². The smallest absolute Gasteiger partial charge is 0.231 e. The molecule has 3 rings (SSSR count). The fraction of sp³-hybridized carbons (Fsp3) is 0.167. The Hall–Kier alpha value is -2.30. The lowest BCUT2D eigenvalue weighted by atomic mass is 10.3. The van der Waals surface area contributed by atoms with Gasteiger partial charge in [0.2, 0.25) is 12.7 Å². The molecule has 0 spiro atoms. The summed E-state index contributed by atoms with van der Waals surface area (Å²) in [4.78, 5) is 8.40. The first kappa shape index (κ1) is 9.89. The molecule has 1 aromatic heterocycles. The molecule has 0 saturated heterocycles. The molecule has 5 heteroatoms.